The lowest BCUT2D eigenvalue weighted by Gasteiger charge is -2.32. The van der Waals surface area contributed by atoms with Crippen LogP contribution in [0.25, 0.3) is 10.9 Å². The number of amides is 1. The molecule has 0 spiro atoms. The molecule has 8 nitrogen and oxygen atoms in total. The number of ether oxygens (including phenoxy) is 1. The second kappa shape index (κ2) is 7.53. The quantitative estimate of drug-likeness (QED) is 0.691. The second-order valence-corrected chi connectivity index (χ2v) is 6.48. The van der Waals surface area contributed by atoms with Crippen LogP contribution in [0, 0.1) is 0 Å². The Morgan fingerprint density at radius 1 is 1.22 bits per heavy atom. The summed E-state index contributed by atoms with van der Waals surface area (Å²) in [5, 5.41) is 8.23. The number of rotatable bonds is 4. The summed E-state index contributed by atoms with van der Waals surface area (Å²) in [6, 6.07) is 10.6. The second-order valence-electron chi connectivity index (χ2n) is 6.48. The number of likely N-dealkylation sites (tertiary alicyclic amines) is 1. The first-order valence-electron chi connectivity index (χ1n) is 8.87. The molecule has 3 heterocycles. The smallest absolute Gasteiger partial charge is 0.261 e. The normalized spacial score (nSPS) is 17.0. The number of carbonyl (C=O) groups is 1. The first-order valence-corrected chi connectivity index (χ1v) is 8.87. The van der Waals surface area contributed by atoms with E-state index in [0.29, 0.717) is 29.9 Å². The van der Waals surface area contributed by atoms with Gasteiger partial charge in [-0.25, -0.2) is 4.98 Å². The molecule has 1 aromatic carbocycles. The summed E-state index contributed by atoms with van der Waals surface area (Å²) in [6.07, 6.45) is 4.56. The van der Waals surface area contributed by atoms with Crippen molar-refractivity contribution in [3.05, 3.63) is 59.3 Å². The Morgan fingerprint density at radius 2 is 2.11 bits per heavy atom. The molecule has 0 N–H and O–H groups in total. The molecule has 138 valence electrons. The molecule has 1 amide bonds. The average Bonchev–Trinajstić information content (AvgIpc) is 2.71. The van der Waals surface area contributed by atoms with Gasteiger partial charge >= 0.3 is 0 Å². The number of para-hydroxylation sites is 1. The van der Waals surface area contributed by atoms with Crippen LogP contribution in [0.15, 0.2) is 53.7 Å². The molecule has 0 radical (unpaired) electrons. The third-order valence-electron chi connectivity index (χ3n) is 4.60. The minimum atomic E-state index is -0.210. The number of nitrogens with zero attached hydrogens (tertiary/aromatic N) is 5. The van der Waals surface area contributed by atoms with Crippen molar-refractivity contribution in [3.63, 3.8) is 0 Å². The van der Waals surface area contributed by atoms with Gasteiger partial charge in [-0.2, -0.15) is 5.10 Å². The predicted octanol–water partition coefficient (Wildman–Crippen LogP) is 1.26. The molecule has 0 unspecified atom stereocenters. The molecule has 1 fully saturated rings. The van der Waals surface area contributed by atoms with E-state index >= 15 is 0 Å². The highest BCUT2D eigenvalue weighted by molar-refractivity contribution is 5.79. The maximum Gasteiger partial charge on any atom is 0.261 e. The van der Waals surface area contributed by atoms with Crippen molar-refractivity contribution in [2.75, 3.05) is 13.1 Å². The molecule has 0 saturated carbocycles. The average molecular weight is 365 g/mol. The topological polar surface area (TPSA) is 90.2 Å². The Labute approximate surface area is 155 Å². The molecule has 0 aliphatic carbocycles. The van der Waals surface area contributed by atoms with Crippen molar-refractivity contribution in [2.24, 2.45) is 0 Å². The van der Waals surface area contributed by atoms with Gasteiger partial charge in [-0.05, 0) is 31.0 Å². The van der Waals surface area contributed by atoms with Crippen LogP contribution in [0.3, 0.4) is 0 Å². The maximum absolute atomic E-state index is 12.7. The van der Waals surface area contributed by atoms with E-state index < -0.39 is 0 Å². The van der Waals surface area contributed by atoms with Gasteiger partial charge in [-0.1, -0.05) is 12.1 Å². The number of piperidine rings is 1. The number of aromatic nitrogens is 4. The van der Waals surface area contributed by atoms with Gasteiger partial charge < -0.3 is 9.64 Å². The molecule has 2 aromatic heterocycles. The van der Waals surface area contributed by atoms with Crippen molar-refractivity contribution in [1.82, 2.24) is 24.6 Å². The molecule has 1 aliphatic heterocycles. The fourth-order valence-corrected chi connectivity index (χ4v) is 3.25. The largest absolute Gasteiger partial charge is 0.471 e. The minimum Gasteiger partial charge on any atom is -0.471 e. The van der Waals surface area contributed by atoms with Gasteiger partial charge in [-0.3, -0.25) is 14.2 Å². The van der Waals surface area contributed by atoms with Crippen LogP contribution >= 0.6 is 0 Å². The molecule has 3 aromatic rings. The van der Waals surface area contributed by atoms with E-state index in [4.69, 9.17) is 4.74 Å². The van der Waals surface area contributed by atoms with Crippen molar-refractivity contribution < 1.29 is 9.53 Å². The lowest BCUT2D eigenvalue weighted by Crippen LogP contribution is -2.46. The van der Waals surface area contributed by atoms with Gasteiger partial charge in [-0.15, -0.1) is 5.10 Å². The van der Waals surface area contributed by atoms with E-state index in [1.54, 1.807) is 41.4 Å². The van der Waals surface area contributed by atoms with Crippen molar-refractivity contribution in [3.8, 4) is 5.88 Å². The lowest BCUT2D eigenvalue weighted by atomic mass is 10.1. The highest BCUT2D eigenvalue weighted by Crippen LogP contribution is 2.16. The SMILES string of the molecule is O=C(Cn1cnc2ccccc2c1=O)N1CCC[C@@H](Oc2cccnn2)C1. The van der Waals surface area contributed by atoms with Gasteiger partial charge in [0, 0.05) is 18.8 Å². The Balaban J connectivity index is 1.45. The zero-order chi connectivity index (χ0) is 18.6. The minimum absolute atomic E-state index is 0.0332. The van der Waals surface area contributed by atoms with E-state index in [2.05, 4.69) is 15.2 Å². The molecule has 8 heteroatoms. The van der Waals surface area contributed by atoms with E-state index in [1.165, 1.54) is 10.9 Å². The van der Waals surface area contributed by atoms with Crippen LogP contribution in [0.1, 0.15) is 12.8 Å². The number of benzene rings is 1. The maximum atomic E-state index is 12.7. The molecule has 1 aliphatic rings. The Hall–Kier alpha value is -3.29. The lowest BCUT2D eigenvalue weighted by molar-refractivity contribution is -0.134. The van der Waals surface area contributed by atoms with Crippen LogP contribution in [0.2, 0.25) is 0 Å². The Morgan fingerprint density at radius 3 is 2.96 bits per heavy atom. The first kappa shape index (κ1) is 17.1. The molecule has 1 atom stereocenters. The van der Waals surface area contributed by atoms with Gasteiger partial charge in [0.25, 0.3) is 5.56 Å². The van der Waals surface area contributed by atoms with E-state index in [0.717, 1.165) is 12.8 Å². The summed E-state index contributed by atoms with van der Waals surface area (Å²) in [4.78, 5) is 31.3. The summed E-state index contributed by atoms with van der Waals surface area (Å²) in [7, 11) is 0. The molecular formula is C19H19N5O3. The third kappa shape index (κ3) is 3.79. The first-order chi connectivity index (χ1) is 13.2. The molecule has 1 saturated heterocycles. The summed E-state index contributed by atoms with van der Waals surface area (Å²) in [6.45, 7) is 1.08. The summed E-state index contributed by atoms with van der Waals surface area (Å²) >= 11 is 0. The van der Waals surface area contributed by atoms with Crippen LogP contribution in [0.5, 0.6) is 5.88 Å². The Kier molecular flexibility index (Phi) is 4.78. The van der Waals surface area contributed by atoms with Gasteiger partial charge in [0.05, 0.1) is 23.8 Å². The fraction of sp³-hybridized carbons (Fsp3) is 0.316. The number of hydrogen-bond donors (Lipinski definition) is 0. The number of fused-ring (bicyclic) bond motifs is 1. The number of carbonyl (C=O) groups excluding carboxylic acids is 1. The molecule has 4 rings (SSSR count). The van der Waals surface area contributed by atoms with Crippen molar-refractivity contribution in [1.29, 1.82) is 0 Å². The standard InChI is InChI=1S/C19H19N5O3/c25-18(12-24-13-20-16-7-2-1-6-15(16)19(24)26)23-10-4-5-14(11-23)27-17-8-3-9-21-22-17/h1-3,6-9,13-14H,4-5,10-12H2/t14-/m1/s1. The van der Waals surface area contributed by atoms with Crippen LogP contribution in [0.4, 0.5) is 0 Å². The molecule has 0 bridgehead atoms. The summed E-state index contributed by atoms with van der Waals surface area (Å²) in [5.41, 5.74) is 0.417. The van der Waals surface area contributed by atoms with Crippen LogP contribution < -0.4 is 10.3 Å². The zero-order valence-corrected chi connectivity index (χ0v) is 14.7. The Bertz CT molecular complexity index is 1000. The number of hydrogen-bond acceptors (Lipinski definition) is 6. The van der Waals surface area contributed by atoms with Gasteiger partial charge in [0.2, 0.25) is 11.8 Å². The van der Waals surface area contributed by atoms with Crippen molar-refractivity contribution >= 4 is 16.8 Å². The third-order valence-corrected chi connectivity index (χ3v) is 4.60. The van der Waals surface area contributed by atoms with Crippen LogP contribution in [-0.2, 0) is 11.3 Å². The van der Waals surface area contributed by atoms with E-state index in [9.17, 15) is 9.59 Å². The highest BCUT2D eigenvalue weighted by Gasteiger charge is 2.25. The fourth-order valence-electron chi connectivity index (χ4n) is 3.25. The zero-order valence-electron chi connectivity index (χ0n) is 14.7. The monoisotopic (exact) mass is 365 g/mol. The molecular weight excluding hydrogens is 346 g/mol. The van der Waals surface area contributed by atoms with Gasteiger partial charge in [0.15, 0.2) is 0 Å². The predicted molar refractivity (Wildman–Crippen MR) is 98.3 cm³/mol. The summed E-state index contributed by atoms with van der Waals surface area (Å²) in [5.74, 6) is 0.327. The van der Waals surface area contributed by atoms with E-state index in [1.807, 2.05) is 6.07 Å². The van der Waals surface area contributed by atoms with Crippen LogP contribution in [-0.4, -0.2) is 49.7 Å². The van der Waals surface area contributed by atoms with Crippen molar-refractivity contribution in [2.45, 2.75) is 25.5 Å². The van der Waals surface area contributed by atoms with Gasteiger partial charge in [0.1, 0.15) is 12.6 Å². The molecule has 27 heavy (non-hydrogen) atoms. The highest BCUT2D eigenvalue weighted by atomic mass is 16.5. The van der Waals surface area contributed by atoms with E-state index in [-0.39, 0.29) is 24.1 Å². The summed E-state index contributed by atoms with van der Waals surface area (Å²) < 4.78 is 7.18.